The maximum absolute atomic E-state index is 12.1. The van der Waals surface area contributed by atoms with E-state index in [0.717, 1.165) is 5.56 Å². The minimum atomic E-state index is -3.46. The van der Waals surface area contributed by atoms with Crippen molar-refractivity contribution in [3.8, 4) is 0 Å². The highest BCUT2D eigenvalue weighted by atomic mass is 32.2. The number of sulfonamides is 1. The molecule has 7 heteroatoms. The summed E-state index contributed by atoms with van der Waals surface area (Å²) < 4.78 is 26.9. The summed E-state index contributed by atoms with van der Waals surface area (Å²) >= 11 is 1.58. The minimum Gasteiger partial charge on any atom is -0.478 e. The molecule has 1 unspecified atom stereocenters. The first-order valence-electron chi connectivity index (χ1n) is 6.69. The van der Waals surface area contributed by atoms with Crippen molar-refractivity contribution in [3.63, 3.8) is 0 Å². The lowest BCUT2D eigenvalue weighted by Crippen LogP contribution is -2.34. The fourth-order valence-electron chi connectivity index (χ4n) is 2.12. The fourth-order valence-corrected chi connectivity index (χ4v) is 4.21. The van der Waals surface area contributed by atoms with Crippen LogP contribution in [0.4, 0.5) is 0 Å². The van der Waals surface area contributed by atoms with Crippen molar-refractivity contribution in [1.82, 2.24) is 4.72 Å². The van der Waals surface area contributed by atoms with Crippen molar-refractivity contribution in [2.45, 2.75) is 25.1 Å². The van der Waals surface area contributed by atoms with Crippen LogP contribution in [0.3, 0.4) is 0 Å². The molecule has 0 bridgehead atoms. The number of hydrogen-bond acceptors (Lipinski definition) is 4. The van der Waals surface area contributed by atoms with Gasteiger partial charge in [-0.05, 0) is 53.4 Å². The molecule has 118 valence electrons. The molecule has 0 aliphatic carbocycles. The Morgan fingerprint density at radius 3 is 2.45 bits per heavy atom. The minimum absolute atomic E-state index is 0.139. The molecule has 1 aromatic heterocycles. The Hall–Kier alpha value is -1.70. The van der Waals surface area contributed by atoms with Crippen LogP contribution < -0.4 is 4.72 Å². The van der Waals surface area contributed by atoms with E-state index in [1.54, 1.807) is 11.3 Å². The topological polar surface area (TPSA) is 83.5 Å². The highest BCUT2D eigenvalue weighted by Crippen LogP contribution is 2.11. The number of carbonyl (C=O) groups is 1. The second kappa shape index (κ2) is 7.04. The van der Waals surface area contributed by atoms with Gasteiger partial charge in [0.1, 0.15) is 0 Å². The van der Waals surface area contributed by atoms with Gasteiger partial charge in [-0.3, -0.25) is 0 Å². The number of aromatic carboxylic acids is 1. The van der Waals surface area contributed by atoms with E-state index in [4.69, 9.17) is 5.11 Å². The van der Waals surface area contributed by atoms with E-state index >= 15 is 0 Å². The second-order valence-electron chi connectivity index (χ2n) is 5.12. The zero-order chi connectivity index (χ0) is 16.2. The Bertz CT molecular complexity index is 721. The van der Waals surface area contributed by atoms with Crippen molar-refractivity contribution in [2.24, 2.45) is 0 Å². The SMILES string of the molecule is CC(Cc1ccsc1)NS(=O)(=O)Cc1ccc(C(=O)O)cc1. The Labute approximate surface area is 133 Å². The third kappa shape index (κ3) is 4.94. The molecular formula is C15H17NO4S2. The zero-order valence-corrected chi connectivity index (χ0v) is 13.7. The van der Waals surface area contributed by atoms with E-state index in [2.05, 4.69) is 4.72 Å². The van der Waals surface area contributed by atoms with Gasteiger partial charge in [0.25, 0.3) is 0 Å². The Kier molecular flexibility index (Phi) is 5.33. The van der Waals surface area contributed by atoms with Crippen LogP contribution in [0.5, 0.6) is 0 Å². The lowest BCUT2D eigenvalue weighted by molar-refractivity contribution is 0.0697. The van der Waals surface area contributed by atoms with Gasteiger partial charge in [0, 0.05) is 6.04 Å². The summed E-state index contributed by atoms with van der Waals surface area (Å²) in [7, 11) is -3.46. The summed E-state index contributed by atoms with van der Waals surface area (Å²) in [6.45, 7) is 1.82. The van der Waals surface area contributed by atoms with Gasteiger partial charge in [-0.15, -0.1) is 0 Å². The molecule has 0 aliphatic heterocycles. The Balaban J connectivity index is 1.96. The molecule has 0 saturated heterocycles. The number of benzene rings is 1. The smallest absolute Gasteiger partial charge is 0.335 e. The highest BCUT2D eigenvalue weighted by Gasteiger charge is 2.16. The van der Waals surface area contributed by atoms with Gasteiger partial charge in [-0.25, -0.2) is 17.9 Å². The van der Waals surface area contributed by atoms with Crippen LogP contribution in [-0.2, 0) is 22.2 Å². The fraction of sp³-hybridized carbons (Fsp3) is 0.267. The zero-order valence-electron chi connectivity index (χ0n) is 12.0. The normalized spacial score (nSPS) is 13.0. The lowest BCUT2D eigenvalue weighted by atomic mass is 10.1. The summed E-state index contributed by atoms with van der Waals surface area (Å²) in [5.41, 5.74) is 1.80. The van der Waals surface area contributed by atoms with Gasteiger partial charge < -0.3 is 5.11 Å². The van der Waals surface area contributed by atoms with Crippen LogP contribution >= 0.6 is 11.3 Å². The first-order chi connectivity index (χ1) is 10.4. The molecule has 1 heterocycles. The predicted molar refractivity (Wildman–Crippen MR) is 86.6 cm³/mol. The van der Waals surface area contributed by atoms with Gasteiger partial charge >= 0.3 is 5.97 Å². The van der Waals surface area contributed by atoms with Crippen LogP contribution in [0.15, 0.2) is 41.1 Å². The molecule has 0 radical (unpaired) electrons. The third-order valence-corrected chi connectivity index (χ3v) is 5.27. The molecule has 1 atom stereocenters. The number of thiophene rings is 1. The van der Waals surface area contributed by atoms with E-state index in [1.165, 1.54) is 24.3 Å². The van der Waals surface area contributed by atoms with Crippen LogP contribution in [0, 0.1) is 0 Å². The Morgan fingerprint density at radius 2 is 1.91 bits per heavy atom. The van der Waals surface area contributed by atoms with Gasteiger partial charge in [-0.1, -0.05) is 12.1 Å². The predicted octanol–water partition coefficient (Wildman–Crippen LogP) is 2.50. The number of rotatable bonds is 7. The van der Waals surface area contributed by atoms with Gasteiger partial charge in [0.05, 0.1) is 11.3 Å². The average molecular weight is 339 g/mol. The number of nitrogens with one attached hydrogen (secondary N) is 1. The van der Waals surface area contributed by atoms with Gasteiger partial charge in [-0.2, -0.15) is 11.3 Å². The van der Waals surface area contributed by atoms with Crippen LogP contribution in [0.2, 0.25) is 0 Å². The van der Waals surface area contributed by atoms with E-state index in [1.807, 2.05) is 23.8 Å². The van der Waals surface area contributed by atoms with E-state index in [0.29, 0.717) is 12.0 Å². The van der Waals surface area contributed by atoms with Crippen LogP contribution in [0.1, 0.15) is 28.4 Å². The number of hydrogen-bond donors (Lipinski definition) is 2. The number of carboxylic acid groups (broad SMARTS) is 1. The monoisotopic (exact) mass is 339 g/mol. The van der Waals surface area contributed by atoms with Crippen molar-refractivity contribution in [1.29, 1.82) is 0 Å². The molecular weight excluding hydrogens is 322 g/mol. The molecule has 0 amide bonds. The molecule has 2 aromatic rings. The molecule has 2 N–H and O–H groups in total. The average Bonchev–Trinajstić information content (AvgIpc) is 2.90. The third-order valence-electron chi connectivity index (χ3n) is 3.06. The highest BCUT2D eigenvalue weighted by molar-refractivity contribution is 7.88. The summed E-state index contributed by atoms with van der Waals surface area (Å²) in [5.74, 6) is -1.20. The molecule has 5 nitrogen and oxygen atoms in total. The standard InChI is InChI=1S/C15H17NO4S2/c1-11(8-13-6-7-21-9-13)16-22(19,20)10-12-2-4-14(5-3-12)15(17)18/h2-7,9,11,16H,8,10H2,1H3,(H,17,18). The van der Waals surface area contributed by atoms with E-state index in [-0.39, 0.29) is 17.4 Å². The van der Waals surface area contributed by atoms with Crippen molar-refractivity contribution in [2.75, 3.05) is 0 Å². The maximum atomic E-state index is 12.1. The lowest BCUT2D eigenvalue weighted by Gasteiger charge is -2.13. The first-order valence-corrected chi connectivity index (χ1v) is 9.28. The molecule has 0 fully saturated rings. The van der Waals surface area contributed by atoms with Gasteiger partial charge in [0.15, 0.2) is 0 Å². The summed E-state index contributed by atoms with van der Waals surface area (Å²) in [5, 5.41) is 12.8. The van der Waals surface area contributed by atoms with E-state index < -0.39 is 16.0 Å². The molecule has 22 heavy (non-hydrogen) atoms. The summed E-state index contributed by atoms with van der Waals surface area (Å²) in [6, 6.07) is 7.63. The molecule has 0 saturated carbocycles. The Morgan fingerprint density at radius 1 is 1.23 bits per heavy atom. The van der Waals surface area contributed by atoms with Crippen molar-refractivity contribution < 1.29 is 18.3 Å². The van der Waals surface area contributed by atoms with Gasteiger partial charge in [0.2, 0.25) is 10.0 Å². The van der Waals surface area contributed by atoms with Crippen LogP contribution in [-0.4, -0.2) is 25.5 Å². The van der Waals surface area contributed by atoms with E-state index in [9.17, 15) is 13.2 Å². The number of carboxylic acids is 1. The quantitative estimate of drug-likeness (QED) is 0.812. The van der Waals surface area contributed by atoms with Crippen LogP contribution in [0.25, 0.3) is 0 Å². The molecule has 1 aromatic carbocycles. The largest absolute Gasteiger partial charge is 0.478 e. The first kappa shape index (κ1) is 16.7. The molecule has 2 rings (SSSR count). The summed E-state index contributed by atoms with van der Waals surface area (Å²) in [4.78, 5) is 10.8. The summed E-state index contributed by atoms with van der Waals surface area (Å²) in [6.07, 6.45) is 0.640. The maximum Gasteiger partial charge on any atom is 0.335 e. The molecule has 0 aliphatic rings. The second-order valence-corrected chi connectivity index (χ2v) is 7.65. The van der Waals surface area contributed by atoms with Crippen molar-refractivity contribution >= 4 is 27.3 Å². The molecule has 0 spiro atoms. The van der Waals surface area contributed by atoms with Crippen molar-refractivity contribution in [3.05, 3.63) is 57.8 Å².